The lowest BCUT2D eigenvalue weighted by Gasteiger charge is -2.33. The van der Waals surface area contributed by atoms with Crippen LogP contribution >= 0.6 is 0 Å². The second-order valence-electron chi connectivity index (χ2n) is 8.64. The summed E-state index contributed by atoms with van der Waals surface area (Å²) in [6.07, 6.45) is 3.13. The Labute approximate surface area is 179 Å². The number of urea groups is 1. The van der Waals surface area contributed by atoms with Crippen molar-refractivity contribution in [3.63, 3.8) is 0 Å². The molecule has 0 radical (unpaired) electrons. The maximum atomic E-state index is 12.8. The van der Waals surface area contributed by atoms with E-state index in [1.807, 2.05) is 12.1 Å². The maximum Gasteiger partial charge on any atom is 0.325 e. The number of hydrogen-bond donors (Lipinski definition) is 2. The maximum absolute atomic E-state index is 12.8. The van der Waals surface area contributed by atoms with Crippen molar-refractivity contribution in [2.75, 3.05) is 19.6 Å². The first kappa shape index (κ1) is 22.3. The van der Waals surface area contributed by atoms with Gasteiger partial charge in [0.15, 0.2) is 0 Å². The number of benzene rings is 1. The summed E-state index contributed by atoms with van der Waals surface area (Å²) in [5.74, 6) is -0.0154. The van der Waals surface area contributed by atoms with Crippen molar-refractivity contribution in [3.05, 3.63) is 35.4 Å². The van der Waals surface area contributed by atoms with E-state index < -0.39 is 11.6 Å². The Balaban J connectivity index is 1.50. The molecular formula is C23H34N4O3. The number of amides is 4. The molecule has 4 amide bonds. The summed E-state index contributed by atoms with van der Waals surface area (Å²) >= 11 is 0. The van der Waals surface area contributed by atoms with Gasteiger partial charge in [-0.2, -0.15) is 0 Å². The molecule has 2 fully saturated rings. The molecule has 164 valence electrons. The third kappa shape index (κ3) is 5.01. The van der Waals surface area contributed by atoms with Crippen LogP contribution in [0.15, 0.2) is 24.3 Å². The van der Waals surface area contributed by atoms with Gasteiger partial charge in [-0.05, 0) is 55.8 Å². The lowest BCUT2D eigenvalue weighted by molar-refractivity contribution is -0.136. The fraction of sp³-hybridized carbons (Fsp3) is 0.609. The summed E-state index contributed by atoms with van der Waals surface area (Å²) in [5.41, 5.74) is 1.42. The van der Waals surface area contributed by atoms with Crippen molar-refractivity contribution in [1.29, 1.82) is 0 Å². The Kier molecular flexibility index (Phi) is 7.13. The van der Waals surface area contributed by atoms with Gasteiger partial charge < -0.3 is 10.6 Å². The summed E-state index contributed by atoms with van der Waals surface area (Å²) in [5, 5.41) is 5.68. The van der Waals surface area contributed by atoms with Crippen LogP contribution in [0.3, 0.4) is 0 Å². The van der Waals surface area contributed by atoms with E-state index >= 15 is 0 Å². The van der Waals surface area contributed by atoms with E-state index in [1.165, 1.54) is 5.56 Å². The number of rotatable bonds is 8. The second kappa shape index (κ2) is 9.60. The third-order valence-electron chi connectivity index (χ3n) is 6.49. The van der Waals surface area contributed by atoms with Crippen molar-refractivity contribution in [1.82, 2.24) is 20.4 Å². The molecule has 1 aliphatic heterocycles. The molecule has 1 spiro atoms. The van der Waals surface area contributed by atoms with Crippen molar-refractivity contribution in [2.24, 2.45) is 5.92 Å². The quantitative estimate of drug-likeness (QED) is 0.641. The lowest BCUT2D eigenvalue weighted by atomic mass is 9.77. The van der Waals surface area contributed by atoms with E-state index in [4.69, 9.17) is 0 Å². The van der Waals surface area contributed by atoms with Crippen molar-refractivity contribution in [2.45, 2.75) is 65.1 Å². The van der Waals surface area contributed by atoms with E-state index in [1.54, 1.807) is 0 Å². The highest BCUT2D eigenvalue weighted by atomic mass is 16.2. The van der Waals surface area contributed by atoms with Gasteiger partial charge in [0.05, 0.1) is 0 Å². The van der Waals surface area contributed by atoms with Crippen molar-refractivity contribution < 1.29 is 14.4 Å². The van der Waals surface area contributed by atoms with Gasteiger partial charge in [-0.15, -0.1) is 0 Å². The fourth-order valence-corrected chi connectivity index (χ4v) is 4.28. The Morgan fingerprint density at radius 3 is 2.33 bits per heavy atom. The second-order valence-corrected chi connectivity index (χ2v) is 8.64. The summed E-state index contributed by atoms with van der Waals surface area (Å²) in [6.45, 7) is 9.53. The molecule has 1 aromatic rings. The Morgan fingerprint density at radius 1 is 1.13 bits per heavy atom. The van der Waals surface area contributed by atoms with E-state index in [0.29, 0.717) is 25.3 Å². The first-order valence-electron chi connectivity index (χ1n) is 11.1. The zero-order valence-corrected chi connectivity index (χ0v) is 18.4. The minimum Gasteiger partial charge on any atom is -0.350 e. The molecule has 2 aliphatic rings. The monoisotopic (exact) mass is 414 g/mol. The number of imide groups is 1. The number of nitrogens with one attached hydrogen (secondary N) is 2. The molecule has 30 heavy (non-hydrogen) atoms. The SMILES string of the molecule is CCN(CC)Cc1ccc(CNC(=O)CN2C(=O)NC3(CCC(C)CC3)C2=O)cc1. The van der Waals surface area contributed by atoms with Crippen LogP contribution in [-0.2, 0) is 22.7 Å². The fourth-order valence-electron chi connectivity index (χ4n) is 4.28. The number of nitrogens with zero attached hydrogens (tertiary/aromatic N) is 2. The van der Waals surface area contributed by atoms with Gasteiger partial charge in [0.25, 0.3) is 5.91 Å². The molecule has 2 N–H and O–H groups in total. The minimum atomic E-state index is -0.801. The number of carbonyl (C=O) groups is 3. The van der Waals surface area contributed by atoms with Gasteiger partial charge in [-0.1, -0.05) is 45.0 Å². The molecule has 1 aliphatic carbocycles. The molecule has 7 heteroatoms. The van der Waals surface area contributed by atoms with E-state index in [-0.39, 0.29) is 18.4 Å². The number of carbonyl (C=O) groups excluding carboxylic acids is 3. The average Bonchev–Trinajstić information content (AvgIpc) is 2.97. The van der Waals surface area contributed by atoms with Gasteiger partial charge in [-0.3, -0.25) is 19.4 Å². The zero-order valence-electron chi connectivity index (χ0n) is 18.4. The van der Waals surface area contributed by atoms with Crippen LogP contribution in [0.4, 0.5) is 4.79 Å². The summed E-state index contributed by atoms with van der Waals surface area (Å²) in [4.78, 5) is 41.0. The van der Waals surface area contributed by atoms with Crippen LogP contribution in [0.25, 0.3) is 0 Å². The van der Waals surface area contributed by atoms with Crippen molar-refractivity contribution >= 4 is 17.8 Å². The predicted molar refractivity (Wildman–Crippen MR) is 116 cm³/mol. The summed E-state index contributed by atoms with van der Waals surface area (Å²) in [7, 11) is 0. The topological polar surface area (TPSA) is 81.8 Å². The predicted octanol–water partition coefficient (Wildman–Crippen LogP) is 2.65. The first-order valence-corrected chi connectivity index (χ1v) is 11.1. The first-order chi connectivity index (χ1) is 14.4. The molecule has 1 heterocycles. The van der Waals surface area contributed by atoms with Gasteiger partial charge in [0, 0.05) is 13.1 Å². The smallest absolute Gasteiger partial charge is 0.325 e. The highest BCUT2D eigenvalue weighted by Gasteiger charge is 2.52. The lowest BCUT2D eigenvalue weighted by Crippen LogP contribution is -2.49. The molecule has 0 bridgehead atoms. The molecule has 0 atom stereocenters. The normalized spacial score (nSPS) is 23.9. The zero-order chi connectivity index (χ0) is 21.7. The van der Waals surface area contributed by atoms with E-state index in [9.17, 15) is 14.4 Å². The molecule has 1 saturated carbocycles. The van der Waals surface area contributed by atoms with Gasteiger partial charge in [-0.25, -0.2) is 4.79 Å². The Hall–Kier alpha value is -2.41. The number of hydrogen-bond acceptors (Lipinski definition) is 4. The van der Waals surface area contributed by atoms with Crippen LogP contribution < -0.4 is 10.6 Å². The standard InChI is InChI=1S/C23H34N4O3/c1-4-26(5-2)15-19-8-6-18(7-9-19)14-24-20(28)16-27-21(29)23(25-22(27)30)12-10-17(3)11-13-23/h6-9,17H,4-5,10-16H2,1-3H3,(H,24,28)(H,25,30). The molecular weight excluding hydrogens is 380 g/mol. The van der Waals surface area contributed by atoms with Crippen LogP contribution in [0.5, 0.6) is 0 Å². The Morgan fingerprint density at radius 2 is 1.73 bits per heavy atom. The van der Waals surface area contributed by atoms with Crippen LogP contribution in [-0.4, -0.2) is 52.8 Å². The van der Waals surface area contributed by atoms with Gasteiger partial charge in [0.1, 0.15) is 12.1 Å². The summed E-state index contributed by atoms with van der Waals surface area (Å²) in [6, 6.07) is 7.71. The van der Waals surface area contributed by atoms with Crippen LogP contribution in [0.1, 0.15) is 57.6 Å². The molecule has 3 rings (SSSR count). The molecule has 1 aromatic carbocycles. The van der Waals surface area contributed by atoms with Crippen molar-refractivity contribution in [3.8, 4) is 0 Å². The molecule has 1 saturated heterocycles. The van der Waals surface area contributed by atoms with Crippen LogP contribution in [0, 0.1) is 5.92 Å². The van der Waals surface area contributed by atoms with Crippen LogP contribution in [0.2, 0.25) is 0 Å². The molecule has 0 aromatic heterocycles. The average molecular weight is 415 g/mol. The van der Waals surface area contributed by atoms with E-state index in [0.717, 1.165) is 42.9 Å². The largest absolute Gasteiger partial charge is 0.350 e. The third-order valence-corrected chi connectivity index (χ3v) is 6.49. The van der Waals surface area contributed by atoms with Gasteiger partial charge in [0.2, 0.25) is 5.91 Å². The molecule has 7 nitrogen and oxygen atoms in total. The highest BCUT2D eigenvalue weighted by molar-refractivity contribution is 6.09. The summed E-state index contributed by atoms with van der Waals surface area (Å²) < 4.78 is 0. The minimum absolute atomic E-state index is 0.234. The van der Waals surface area contributed by atoms with Gasteiger partial charge >= 0.3 is 6.03 Å². The Bertz CT molecular complexity index is 765. The highest BCUT2D eigenvalue weighted by Crippen LogP contribution is 2.36. The molecule has 0 unspecified atom stereocenters. The van der Waals surface area contributed by atoms with E-state index in [2.05, 4.69) is 48.4 Å².